The van der Waals surface area contributed by atoms with Crippen LogP contribution in [0.4, 0.5) is 0 Å². The summed E-state index contributed by atoms with van der Waals surface area (Å²) in [6.07, 6.45) is 7.04. The minimum atomic E-state index is -0.670. The molecule has 1 unspecified atom stereocenters. The van der Waals surface area contributed by atoms with Gasteiger partial charge in [0.1, 0.15) is 0 Å². The summed E-state index contributed by atoms with van der Waals surface area (Å²) in [7, 11) is 0. The molecule has 0 bridgehead atoms. The van der Waals surface area contributed by atoms with E-state index in [1.807, 2.05) is 19.9 Å². The van der Waals surface area contributed by atoms with Crippen molar-refractivity contribution in [3.63, 3.8) is 0 Å². The number of hydrogen-bond acceptors (Lipinski definition) is 3. The Morgan fingerprint density at radius 2 is 1.88 bits per heavy atom. The third-order valence-electron chi connectivity index (χ3n) is 8.77. The first kappa shape index (κ1) is 16.8. The highest BCUT2D eigenvalue weighted by Crippen LogP contribution is 2.67. The Hall–Kier alpha value is -0.670. The molecule has 0 spiro atoms. The second-order valence-corrected chi connectivity index (χ2v) is 9.93. The van der Waals surface area contributed by atoms with E-state index in [0.29, 0.717) is 18.3 Å². The fourth-order valence-electron chi connectivity index (χ4n) is 7.25. The van der Waals surface area contributed by atoms with Crippen LogP contribution in [0, 0.1) is 34.5 Å². The Kier molecular flexibility index (Phi) is 3.46. The summed E-state index contributed by atoms with van der Waals surface area (Å²) in [6.45, 7) is 8.49. The van der Waals surface area contributed by atoms with Crippen LogP contribution in [0.25, 0.3) is 0 Å². The van der Waals surface area contributed by atoms with Gasteiger partial charge in [-0.25, -0.2) is 0 Å². The van der Waals surface area contributed by atoms with Gasteiger partial charge in [0.2, 0.25) is 0 Å². The highest BCUT2D eigenvalue weighted by atomic mass is 16.3. The van der Waals surface area contributed by atoms with Crippen LogP contribution in [-0.2, 0) is 4.79 Å². The molecule has 3 saturated carbocycles. The monoisotopic (exact) mass is 332 g/mol. The Balaban J connectivity index is 1.76. The van der Waals surface area contributed by atoms with E-state index in [0.717, 1.165) is 32.1 Å². The predicted molar refractivity (Wildman–Crippen MR) is 93.3 cm³/mol. The van der Waals surface area contributed by atoms with Gasteiger partial charge in [0.25, 0.3) is 0 Å². The molecule has 0 amide bonds. The summed E-state index contributed by atoms with van der Waals surface area (Å²) >= 11 is 0. The van der Waals surface area contributed by atoms with Crippen LogP contribution in [-0.4, -0.2) is 27.7 Å². The molecular formula is C21H32O3. The number of carbonyl (C=O) groups is 1. The third-order valence-corrected chi connectivity index (χ3v) is 8.77. The van der Waals surface area contributed by atoms with Gasteiger partial charge in [0, 0.05) is 11.3 Å². The minimum Gasteiger partial charge on any atom is -0.393 e. The zero-order valence-electron chi connectivity index (χ0n) is 15.5. The van der Waals surface area contributed by atoms with Crippen LogP contribution < -0.4 is 0 Å². The van der Waals surface area contributed by atoms with Gasteiger partial charge < -0.3 is 10.2 Å². The van der Waals surface area contributed by atoms with E-state index in [1.54, 1.807) is 0 Å². The van der Waals surface area contributed by atoms with Crippen molar-refractivity contribution in [2.75, 3.05) is 0 Å². The number of aliphatic hydroxyl groups excluding tert-OH is 1. The van der Waals surface area contributed by atoms with Crippen LogP contribution in [0.2, 0.25) is 0 Å². The van der Waals surface area contributed by atoms with Crippen LogP contribution in [0.15, 0.2) is 11.6 Å². The van der Waals surface area contributed by atoms with Crippen molar-refractivity contribution in [1.29, 1.82) is 0 Å². The average molecular weight is 332 g/mol. The first-order valence-electron chi connectivity index (χ1n) is 9.75. The molecule has 24 heavy (non-hydrogen) atoms. The topological polar surface area (TPSA) is 57.5 Å². The Bertz CT molecular complexity index is 606. The molecule has 4 aliphatic rings. The fourth-order valence-corrected chi connectivity index (χ4v) is 7.25. The largest absolute Gasteiger partial charge is 0.393 e. The molecule has 0 saturated heterocycles. The van der Waals surface area contributed by atoms with Gasteiger partial charge in [-0.15, -0.1) is 0 Å². The summed E-state index contributed by atoms with van der Waals surface area (Å²) in [5, 5.41) is 22.1. The smallest absolute Gasteiger partial charge is 0.158 e. The van der Waals surface area contributed by atoms with E-state index in [4.69, 9.17) is 0 Å². The highest BCUT2D eigenvalue weighted by molar-refractivity contribution is 5.93. The van der Waals surface area contributed by atoms with E-state index < -0.39 is 5.60 Å². The first-order valence-corrected chi connectivity index (χ1v) is 9.75. The summed E-state index contributed by atoms with van der Waals surface area (Å²) in [5.74, 6) is 1.52. The molecule has 4 aliphatic carbocycles. The van der Waals surface area contributed by atoms with Crippen LogP contribution in [0.3, 0.4) is 0 Å². The highest BCUT2D eigenvalue weighted by Gasteiger charge is 2.65. The molecule has 0 aromatic carbocycles. The summed E-state index contributed by atoms with van der Waals surface area (Å²) in [5.41, 5.74) is 0.377. The minimum absolute atomic E-state index is 0.0502. The van der Waals surface area contributed by atoms with Gasteiger partial charge in [-0.2, -0.15) is 0 Å². The van der Waals surface area contributed by atoms with E-state index in [2.05, 4.69) is 13.8 Å². The standard InChI is InChI=1S/C21H32O3/c1-12-10-19(2)13(9-16(12)22)5-6-14-15-7-8-21(4,24)20(15,3)11-17(23)18(14)19/h9,12,14-15,17-18,23-24H,5-8,10-11H2,1-4H3/t12-,14+,15+,17+,18?,19+,20+,21+/m1/s1. The van der Waals surface area contributed by atoms with Crippen molar-refractivity contribution in [3.05, 3.63) is 11.6 Å². The molecule has 3 fully saturated rings. The van der Waals surface area contributed by atoms with Gasteiger partial charge in [-0.1, -0.05) is 26.3 Å². The zero-order chi connectivity index (χ0) is 17.5. The Morgan fingerprint density at radius 1 is 1.17 bits per heavy atom. The fraction of sp³-hybridized carbons (Fsp3) is 0.857. The van der Waals surface area contributed by atoms with E-state index in [9.17, 15) is 15.0 Å². The number of rotatable bonds is 0. The molecule has 0 aliphatic heterocycles. The molecule has 4 rings (SSSR count). The first-order chi connectivity index (χ1) is 11.1. The third kappa shape index (κ3) is 1.94. The lowest BCUT2D eigenvalue weighted by molar-refractivity contribution is -0.167. The van der Waals surface area contributed by atoms with Gasteiger partial charge in [-0.05, 0) is 74.7 Å². The van der Waals surface area contributed by atoms with Crippen molar-refractivity contribution in [3.8, 4) is 0 Å². The van der Waals surface area contributed by atoms with Crippen molar-refractivity contribution < 1.29 is 15.0 Å². The SMILES string of the molecule is C[C@@H]1C[C@@]2(C)C(=CC1=O)CC[C@@H]1C2[C@@H](O)C[C@@]2(C)[C@H]1CC[C@]2(C)O. The van der Waals surface area contributed by atoms with E-state index >= 15 is 0 Å². The normalized spacial score (nSPS) is 57.0. The molecule has 8 atom stereocenters. The zero-order valence-corrected chi connectivity index (χ0v) is 15.5. The molecular weight excluding hydrogens is 300 g/mol. The quantitative estimate of drug-likeness (QED) is 0.714. The number of carbonyl (C=O) groups excluding carboxylic acids is 1. The molecule has 2 N–H and O–H groups in total. The van der Waals surface area contributed by atoms with Gasteiger partial charge in [0.15, 0.2) is 5.78 Å². The van der Waals surface area contributed by atoms with Crippen molar-refractivity contribution in [2.45, 2.75) is 77.9 Å². The lowest BCUT2D eigenvalue weighted by Gasteiger charge is -2.61. The predicted octanol–water partition coefficient (Wildman–Crippen LogP) is 3.49. The summed E-state index contributed by atoms with van der Waals surface area (Å²) < 4.78 is 0. The maximum absolute atomic E-state index is 12.2. The Morgan fingerprint density at radius 3 is 2.58 bits per heavy atom. The van der Waals surface area contributed by atoms with Gasteiger partial charge in [-0.3, -0.25) is 4.79 Å². The van der Waals surface area contributed by atoms with E-state index in [1.165, 1.54) is 5.57 Å². The summed E-state index contributed by atoms with van der Waals surface area (Å²) in [6, 6.07) is 0. The molecule has 0 radical (unpaired) electrons. The van der Waals surface area contributed by atoms with Gasteiger partial charge in [0.05, 0.1) is 11.7 Å². The van der Waals surface area contributed by atoms with Crippen LogP contribution in [0.5, 0.6) is 0 Å². The number of allylic oxidation sites excluding steroid dienone is 1. The molecule has 3 nitrogen and oxygen atoms in total. The van der Waals surface area contributed by atoms with Crippen molar-refractivity contribution in [1.82, 2.24) is 0 Å². The molecule has 134 valence electrons. The second-order valence-electron chi connectivity index (χ2n) is 9.93. The van der Waals surface area contributed by atoms with Crippen LogP contribution in [0.1, 0.15) is 66.2 Å². The molecule has 0 heterocycles. The average Bonchev–Trinajstić information content (AvgIpc) is 2.70. The van der Waals surface area contributed by atoms with Crippen molar-refractivity contribution in [2.24, 2.45) is 34.5 Å². The maximum Gasteiger partial charge on any atom is 0.158 e. The lowest BCUT2D eigenvalue weighted by atomic mass is 9.45. The summed E-state index contributed by atoms with van der Waals surface area (Å²) in [4.78, 5) is 12.2. The van der Waals surface area contributed by atoms with Gasteiger partial charge >= 0.3 is 0 Å². The molecule has 0 aromatic heterocycles. The number of hydrogen-bond donors (Lipinski definition) is 2. The lowest BCUT2D eigenvalue weighted by Crippen LogP contribution is -2.59. The number of fused-ring (bicyclic) bond motifs is 5. The Labute approximate surface area is 145 Å². The second kappa shape index (κ2) is 4.94. The number of aliphatic hydroxyl groups is 2. The van der Waals surface area contributed by atoms with Crippen molar-refractivity contribution >= 4 is 5.78 Å². The number of ketones is 1. The molecule has 0 aromatic rings. The van der Waals surface area contributed by atoms with E-state index in [-0.39, 0.29) is 34.6 Å². The molecule has 3 heteroatoms. The van der Waals surface area contributed by atoms with Crippen LogP contribution >= 0.6 is 0 Å². The maximum atomic E-state index is 12.2.